The average Bonchev–Trinajstić information content (AvgIpc) is 2.34. The third kappa shape index (κ3) is 5.57. The molecule has 0 atom stereocenters. The van der Waals surface area contributed by atoms with E-state index in [1.165, 1.54) is 6.08 Å². The van der Waals surface area contributed by atoms with Crippen molar-refractivity contribution < 1.29 is 9.90 Å². The molecule has 0 aliphatic rings. The first kappa shape index (κ1) is 15.2. The van der Waals surface area contributed by atoms with Crippen LogP contribution in [0.25, 0.3) is 6.08 Å². The molecule has 4 heteroatoms. The highest BCUT2D eigenvalue weighted by Gasteiger charge is 2.19. The molecule has 3 N–H and O–H groups in total. The van der Waals surface area contributed by atoms with Crippen LogP contribution in [0.5, 0.6) is 0 Å². The Kier molecular flexibility index (Phi) is 5.12. The van der Waals surface area contributed by atoms with Crippen molar-refractivity contribution in [3.63, 3.8) is 0 Å². The van der Waals surface area contributed by atoms with Gasteiger partial charge >= 0.3 is 0 Å². The van der Waals surface area contributed by atoms with Crippen LogP contribution in [-0.2, 0) is 4.79 Å². The fraction of sp³-hybridized carbons (Fsp3) is 0.400. The summed E-state index contributed by atoms with van der Waals surface area (Å²) in [7, 11) is 0. The number of rotatable bonds is 5. The minimum absolute atomic E-state index is 0.110. The van der Waals surface area contributed by atoms with E-state index in [-0.39, 0.29) is 5.91 Å². The minimum atomic E-state index is -0.888. The van der Waals surface area contributed by atoms with Gasteiger partial charge in [-0.15, -0.1) is 0 Å². The van der Waals surface area contributed by atoms with Crippen molar-refractivity contribution in [1.29, 1.82) is 0 Å². The smallest absolute Gasteiger partial charge is 0.246 e. The Labute approximate surface area is 114 Å². The predicted octanol–water partition coefficient (Wildman–Crippen LogP) is 1.90. The van der Waals surface area contributed by atoms with E-state index in [1.54, 1.807) is 37.0 Å². The number of carbonyl (C=O) groups is 1. The fourth-order valence-electron chi connectivity index (χ4n) is 1.69. The van der Waals surface area contributed by atoms with E-state index in [1.807, 2.05) is 19.1 Å². The summed E-state index contributed by atoms with van der Waals surface area (Å²) >= 11 is 0. The summed E-state index contributed by atoms with van der Waals surface area (Å²) in [6.45, 7) is 6.14. The number of carbonyl (C=O) groups excluding carboxylic acids is 1. The third-order valence-electron chi connectivity index (χ3n) is 2.63. The lowest BCUT2D eigenvalue weighted by molar-refractivity contribution is -0.128. The zero-order chi connectivity index (χ0) is 14.5. The maximum atomic E-state index is 12.0. The van der Waals surface area contributed by atoms with Gasteiger partial charge in [-0.25, -0.2) is 0 Å². The Morgan fingerprint density at radius 3 is 2.42 bits per heavy atom. The minimum Gasteiger partial charge on any atom is -0.399 e. The van der Waals surface area contributed by atoms with Crippen LogP contribution >= 0.6 is 0 Å². The van der Waals surface area contributed by atoms with Crippen molar-refractivity contribution in [2.24, 2.45) is 0 Å². The van der Waals surface area contributed by atoms with Crippen LogP contribution in [0.1, 0.15) is 26.3 Å². The van der Waals surface area contributed by atoms with E-state index in [2.05, 4.69) is 0 Å². The second-order valence-corrected chi connectivity index (χ2v) is 5.16. The number of anilines is 1. The average molecular weight is 262 g/mol. The molecule has 0 heterocycles. The summed E-state index contributed by atoms with van der Waals surface area (Å²) in [6.07, 6.45) is 3.26. The van der Waals surface area contributed by atoms with Crippen molar-refractivity contribution in [2.45, 2.75) is 26.4 Å². The van der Waals surface area contributed by atoms with E-state index < -0.39 is 5.60 Å². The number of nitrogens with two attached hydrogens (primary N) is 1. The Morgan fingerprint density at radius 2 is 1.95 bits per heavy atom. The van der Waals surface area contributed by atoms with E-state index in [0.717, 1.165) is 5.56 Å². The zero-order valence-corrected chi connectivity index (χ0v) is 11.8. The number of hydrogen-bond donors (Lipinski definition) is 2. The van der Waals surface area contributed by atoms with Crippen LogP contribution < -0.4 is 5.73 Å². The molecule has 0 aliphatic heterocycles. The van der Waals surface area contributed by atoms with Crippen molar-refractivity contribution in [3.8, 4) is 0 Å². The van der Waals surface area contributed by atoms with Crippen LogP contribution in [0.3, 0.4) is 0 Å². The summed E-state index contributed by atoms with van der Waals surface area (Å²) in [6, 6.07) is 7.29. The molecular weight excluding hydrogens is 240 g/mol. The fourth-order valence-corrected chi connectivity index (χ4v) is 1.69. The Hall–Kier alpha value is -1.81. The van der Waals surface area contributed by atoms with Crippen molar-refractivity contribution in [2.75, 3.05) is 18.8 Å². The van der Waals surface area contributed by atoms with Gasteiger partial charge in [0.25, 0.3) is 0 Å². The molecule has 4 nitrogen and oxygen atoms in total. The van der Waals surface area contributed by atoms with Crippen molar-refractivity contribution >= 4 is 17.7 Å². The Balaban J connectivity index is 2.69. The second kappa shape index (κ2) is 6.38. The molecule has 0 aromatic heterocycles. The van der Waals surface area contributed by atoms with Crippen LogP contribution in [0.2, 0.25) is 0 Å². The summed E-state index contributed by atoms with van der Waals surface area (Å²) in [5, 5.41) is 9.75. The van der Waals surface area contributed by atoms with Gasteiger partial charge in [-0.2, -0.15) is 0 Å². The topological polar surface area (TPSA) is 66.6 Å². The van der Waals surface area contributed by atoms with Crippen LogP contribution in [0, 0.1) is 0 Å². The first-order valence-electron chi connectivity index (χ1n) is 6.37. The monoisotopic (exact) mass is 262 g/mol. The van der Waals surface area contributed by atoms with E-state index in [9.17, 15) is 9.90 Å². The molecular formula is C15H22N2O2. The lowest BCUT2D eigenvalue weighted by Gasteiger charge is -2.27. The number of nitrogen functional groups attached to an aromatic ring is 1. The number of aliphatic hydroxyl groups is 1. The predicted molar refractivity (Wildman–Crippen MR) is 78.4 cm³/mol. The van der Waals surface area contributed by atoms with Gasteiger partial charge in [0.2, 0.25) is 5.91 Å². The molecule has 0 bridgehead atoms. The molecule has 1 amide bonds. The quantitative estimate of drug-likeness (QED) is 0.629. The van der Waals surface area contributed by atoms with Crippen molar-refractivity contribution in [3.05, 3.63) is 35.9 Å². The highest BCUT2D eigenvalue weighted by atomic mass is 16.3. The zero-order valence-electron chi connectivity index (χ0n) is 11.8. The molecule has 0 saturated carbocycles. The molecule has 1 rings (SSSR count). The molecule has 1 aromatic rings. The van der Waals surface area contributed by atoms with Gasteiger partial charge in [-0.05, 0) is 44.5 Å². The molecule has 0 spiro atoms. The van der Waals surface area contributed by atoms with Gasteiger partial charge in [0.05, 0.1) is 5.60 Å². The first-order chi connectivity index (χ1) is 8.81. The molecule has 1 aromatic carbocycles. The molecule has 0 unspecified atom stereocenters. The number of nitrogens with zero attached hydrogens (tertiary/aromatic N) is 1. The third-order valence-corrected chi connectivity index (χ3v) is 2.63. The number of benzene rings is 1. The largest absolute Gasteiger partial charge is 0.399 e. The van der Waals surface area contributed by atoms with Crippen molar-refractivity contribution in [1.82, 2.24) is 4.90 Å². The standard InChI is InChI=1S/C15H22N2O2/c1-4-17(11-15(2,3)19)14(18)10-7-12-5-8-13(16)9-6-12/h5-10,19H,4,11,16H2,1-3H3/b10-7+. The molecule has 0 fully saturated rings. The van der Waals surface area contributed by atoms with E-state index >= 15 is 0 Å². The molecule has 0 saturated heterocycles. The van der Waals surface area contributed by atoms with Crippen LogP contribution in [0.15, 0.2) is 30.3 Å². The maximum absolute atomic E-state index is 12.0. The lowest BCUT2D eigenvalue weighted by Crippen LogP contribution is -2.41. The molecule has 19 heavy (non-hydrogen) atoms. The van der Waals surface area contributed by atoms with E-state index in [4.69, 9.17) is 5.73 Å². The lowest BCUT2D eigenvalue weighted by atomic mass is 10.1. The van der Waals surface area contributed by atoms with Gasteiger partial charge < -0.3 is 15.7 Å². The van der Waals surface area contributed by atoms with Gasteiger partial charge in [-0.3, -0.25) is 4.79 Å². The van der Waals surface area contributed by atoms with Crippen LogP contribution in [0.4, 0.5) is 5.69 Å². The number of likely N-dealkylation sites (N-methyl/N-ethyl adjacent to an activating group) is 1. The Bertz CT molecular complexity index is 444. The SMILES string of the molecule is CCN(CC(C)(C)O)C(=O)/C=C/c1ccc(N)cc1. The van der Waals surface area contributed by atoms with E-state index in [0.29, 0.717) is 18.8 Å². The highest BCUT2D eigenvalue weighted by molar-refractivity contribution is 5.91. The molecule has 104 valence electrons. The molecule has 0 radical (unpaired) electrons. The molecule has 0 aliphatic carbocycles. The second-order valence-electron chi connectivity index (χ2n) is 5.16. The number of amides is 1. The highest BCUT2D eigenvalue weighted by Crippen LogP contribution is 2.09. The van der Waals surface area contributed by atoms with Gasteiger partial charge in [0.15, 0.2) is 0 Å². The van der Waals surface area contributed by atoms with Gasteiger partial charge in [0.1, 0.15) is 0 Å². The summed E-state index contributed by atoms with van der Waals surface area (Å²) < 4.78 is 0. The number of hydrogen-bond acceptors (Lipinski definition) is 3. The summed E-state index contributed by atoms with van der Waals surface area (Å²) in [5.41, 5.74) is 6.32. The Morgan fingerprint density at radius 1 is 1.37 bits per heavy atom. The van der Waals surface area contributed by atoms with Gasteiger partial charge in [0, 0.05) is 24.9 Å². The normalized spacial score (nSPS) is 11.8. The van der Waals surface area contributed by atoms with Crippen LogP contribution in [-0.4, -0.2) is 34.6 Å². The maximum Gasteiger partial charge on any atom is 0.246 e. The first-order valence-corrected chi connectivity index (χ1v) is 6.37. The summed E-state index contributed by atoms with van der Waals surface area (Å²) in [5.74, 6) is -0.110. The summed E-state index contributed by atoms with van der Waals surface area (Å²) in [4.78, 5) is 13.6. The van der Waals surface area contributed by atoms with Gasteiger partial charge in [-0.1, -0.05) is 12.1 Å².